The monoisotopic (exact) mass is 558 g/mol. The van der Waals surface area contributed by atoms with Crippen molar-refractivity contribution < 1.29 is 19.1 Å². The lowest BCUT2D eigenvalue weighted by atomic mass is 10.2. The first-order valence-electron chi connectivity index (χ1n) is 13.6. The molecule has 41 heavy (non-hydrogen) atoms. The molecule has 10 heteroatoms. The predicted octanol–water partition coefficient (Wildman–Crippen LogP) is 3.70. The van der Waals surface area contributed by atoms with E-state index in [2.05, 4.69) is 10.6 Å². The third kappa shape index (κ3) is 7.21. The predicted molar refractivity (Wildman–Crippen MR) is 157 cm³/mol. The number of hydrogen-bond acceptors (Lipinski definition) is 6. The molecule has 1 heterocycles. The van der Waals surface area contributed by atoms with Crippen molar-refractivity contribution in [3.05, 3.63) is 99.2 Å². The number of nitrogens with zero attached hydrogens (tertiary/aromatic N) is 2. The average Bonchev–Trinajstić information content (AvgIpc) is 2.99. The Morgan fingerprint density at radius 3 is 2.32 bits per heavy atom. The van der Waals surface area contributed by atoms with Crippen LogP contribution in [0.2, 0.25) is 0 Å². The standard InChI is InChI=1S/C31H34N4O6/c1-3-41-27-17-9-6-14-24(27)33-29(37)21-35-25-15-7-5-13-23(25)30(38)34(31(35)39)19-11-10-18-28(36)32-20-22-12-4-8-16-26(22)40-2/h4-9,12-17H,3,10-11,18-21H2,1-2H3,(H,32,36)(H,33,37). The summed E-state index contributed by atoms with van der Waals surface area (Å²) in [6.45, 7) is 2.46. The number of ether oxygens (including phenoxy) is 2. The molecule has 0 radical (unpaired) electrons. The first-order valence-corrected chi connectivity index (χ1v) is 13.6. The number of aromatic nitrogens is 2. The Hall–Kier alpha value is -4.86. The molecule has 0 unspecified atom stereocenters. The van der Waals surface area contributed by atoms with Crippen LogP contribution in [0.15, 0.2) is 82.4 Å². The molecule has 0 aliphatic rings. The van der Waals surface area contributed by atoms with E-state index in [9.17, 15) is 19.2 Å². The van der Waals surface area contributed by atoms with Gasteiger partial charge >= 0.3 is 5.69 Å². The molecule has 4 rings (SSSR count). The molecular weight excluding hydrogens is 524 g/mol. The number of methoxy groups -OCH3 is 1. The van der Waals surface area contributed by atoms with Gasteiger partial charge in [0.25, 0.3) is 5.56 Å². The second-order valence-electron chi connectivity index (χ2n) is 9.37. The first kappa shape index (κ1) is 29.1. The molecule has 4 aromatic rings. The van der Waals surface area contributed by atoms with Gasteiger partial charge in [0.1, 0.15) is 18.0 Å². The molecule has 2 amide bonds. The maximum absolute atomic E-state index is 13.4. The Morgan fingerprint density at radius 1 is 0.829 bits per heavy atom. The molecule has 0 saturated carbocycles. The number of nitrogens with one attached hydrogen (secondary N) is 2. The van der Waals surface area contributed by atoms with Crippen LogP contribution >= 0.6 is 0 Å². The summed E-state index contributed by atoms with van der Waals surface area (Å²) in [4.78, 5) is 52.0. The van der Waals surface area contributed by atoms with Gasteiger partial charge in [-0.05, 0) is 50.1 Å². The molecule has 0 aliphatic heterocycles. The number of amides is 2. The molecule has 0 saturated heterocycles. The third-order valence-electron chi connectivity index (χ3n) is 6.60. The Morgan fingerprint density at radius 2 is 1.54 bits per heavy atom. The highest BCUT2D eigenvalue weighted by Gasteiger charge is 2.16. The quantitative estimate of drug-likeness (QED) is 0.242. The Kier molecular flexibility index (Phi) is 9.93. The largest absolute Gasteiger partial charge is 0.496 e. The summed E-state index contributed by atoms with van der Waals surface area (Å²) in [5, 5.41) is 6.01. The van der Waals surface area contributed by atoms with Gasteiger partial charge in [0.15, 0.2) is 0 Å². The summed E-state index contributed by atoms with van der Waals surface area (Å²) < 4.78 is 13.3. The molecule has 0 spiro atoms. The van der Waals surface area contributed by atoms with E-state index >= 15 is 0 Å². The van der Waals surface area contributed by atoms with Gasteiger partial charge in [-0.1, -0.05) is 42.5 Å². The minimum absolute atomic E-state index is 0.122. The van der Waals surface area contributed by atoms with Crippen molar-refractivity contribution in [1.29, 1.82) is 0 Å². The van der Waals surface area contributed by atoms with E-state index in [0.29, 0.717) is 54.1 Å². The molecule has 10 nitrogen and oxygen atoms in total. The van der Waals surface area contributed by atoms with Crippen molar-refractivity contribution >= 4 is 28.4 Å². The van der Waals surface area contributed by atoms with E-state index < -0.39 is 17.2 Å². The number of fused-ring (bicyclic) bond motifs is 1. The van der Waals surface area contributed by atoms with Crippen LogP contribution in [0.1, 0.15) is 31.7 Å². The van der Waals surface area contributed by atoms with Crippen LogP contribution in [0.4, 0.5) is 5.69 Å². The normalized spacial score (nSPS) is 10.8. The number of para-hydroxylation sites is 4. The van der Waals surface area contributed by atoms with Crippen LogP contribution in [0, 0.1) is 0 Å². The van der Waals surface area contributed by atoms with Crippen molar-refractivity contribution in [2.24, 2.45) is 0 Å². The number of rotatable bonds is 13. The van der Waals surface area contributed by atoms with Gasteiger partial charge in [-0.25, -0.2) is 4.79 Å². The van der Waals surface area contributed by atoms with Crippen LogP contribution in [0.25, 0.3) is 10.9 Å². The highest BCUT2D eigenvalue weighted by molar-refractivity contribution is 5.93. The summed E-state index contributed by atoms with van der Waals surface area (Å²) in [6, 6.07) is 21.2. The van der Waals surface area contributed by atoms with E-state index in [1.165, 1.54) is 4.57 Å². The Bertz CT molecular complexity index is 1640. The van der Waals surface area contributed by atoms with Gasteiger partial charge in [-0.3, -0.25) is 23.5 Å². The highest BCUT2D eigenvalue weighted by atomic mass is 16.5. The lowest BCUT2D eigenvalue weighted by Crippen LogP contribution is -2.41. The van der Waals surface area contributed by atoms with Gasteiger partial charge in [0.2, 0.25) is 11.8 Å². The molecule has 0 bridgehead atoms. The van der Waals surface area contributed by atoms with Crippen LogP contribution < -0.4 is 31.4 Å². The lowest BCUT2D eigenvalue weighted by molar-refractivity contribution is -0.121. The summed E-state index contributed by atoms with van der Waals surface area (Å²) in [7, 11) is 1.58. The smallest absolute Gasteiger partial charge is 0.331 e. The van der Waals surface area contributed by atoms with Gasteiger partial charge in [-0.2, -0.15) is 0 Å². The average molecular weight is 559 g/mol. The van der Waals surface area contributed by atoms with Gasteiger partial charge in [0, 0.05) is 25.1 Å². The summed E-state index contributed by atoms with van der Waals surface area (Å²) in [5.41, 5.74) is 0.737. The van der Waals surface area contributed by atoms with Crippen molar-refractivity contribution in [1.82, 2.24) is 14.5 Å². The van der Waals surface area contributed by atoms with Gasteiger partial charge < -0.3 is 20.1 Å². The maximum Gasteiger partial charge on any atom is 0.331 e. The minimum atomic E-state index is -0.581. The number of hydrogen-bond donors (Lipinski definition) is 2. The van der Waals surface area contributed by atoms with Crippen LogP contribution in [-0.2, 0) is 29.2 Å². The van der Waals surface area contributed by atoms with E-state index in [4.69, 9.17) is 9.47 Å². The lowest BCUT2D eigenvalue weighted by Gasteiger charge is -2.15. The van der Waals surface area contributed by atoms with E-state index in [0.717, 1.165) is 10.1 Å². The molecule has 0 atom stereocenters. The number of carbonyl (C=O) groups is 2. The SMILES string of the molecule is CCOc1ccccc1NC(=O)Cn1c(=O)n(CCCCC(=O)NCc2ccccc2OC)c(=O)c2ccccc21. The molecular formula is C31H34N4O6. The minimum Gasteiger partial charge on any atom is -0.496 e. The number of carbonyl (C=O) groups excluding carboxylic acids is 2. The highest BCUT2D eigenvalue weighted by Crippen LogP contribution is 2.23. The van der Waals surface area contributed by atoms with Crippen molar-refractivity contribution in [3.8, 4) is 11.5 Å². The molecule has 0 aliphatic carbocycles. The number of anilines is 1. The second kappa shape index (κ2) is 14.0. The molecule has 214 valence electrons. The molecule has 3 aromatic carbocycles. The summed E-state index contributed by atoms with van der Waals surface area (Å²) in [6.07, 6.45) is 1.15. The Balaban J connectivity index is 1.43. The fourth-order valence-electron chi connectivity index (χ4n) is 4.59. The third-order valence-corrected chi connectivity index (χ3v) is 6.60. The number of benzene rings is 3. The zero-order valence-corrected chi connectivity index (χ0v) is 23.2. The zero-order chi connectivity index (χ0) is 29.2. The van der Waals surface area contributed by atoms with E-state index in [1.807, 2.05) is 31.2 Å². The molecule has 1 aromatic heterocycles. The summed E-state index contributed by atoms with van der Waals surface area (Å²) in [5.74, 6) is 0.661. The molecule has 2 N–H and O–H groups in total. The van der Waals surface area contributed by atoms with Crippen molar-refractivity contribution in [3.63, 3.8) is 0 Å². The van der Waals surface area contributed by atoms with Crippen molar-refractivity contribution in [2.45, 2.75) is 45.8 Å². The topological polar surface area (TPSA) is 121 Å². The maximum atomic E-state index is 13.4. The van der Waals surface area contributed by atoms with E-state index in [1.54, 1.807) is 55.6 Å². The second-order valence-corrected chi connectivity index (χ2v) is 9.37. The first-order chi connectivity index (χ1) is 19.9. The summed E-state index contributed by atoms with van der Waals surface area (Å²) >= 11 is 0. The Labute approximate surface area is 237 Å². The van der Waals surface area contributed by atoms with Crippen LogP contribution in [0.3, 0.4) is 0 Å². The van der Waals surface area contributed by atoms with E-state index in [-0.39, 0.29) is 25.4 Å². The van der Waals surface area contributed by atoms with Crippen LogP contribution in [-0.4, -0.2) is 34.7 Å². The zero-order valence-electron chi connectivity index (χ0n) is 23.2. The fraction of sp³-hybridized carbons (Fsp3) is 0.290. The van der Waals surface area contributed by atoms with Crippen LogP contribution in [0.5, 0.6) is 11.5 Å². The number of unbranched alkanes of at least 4 members (excludes halogenated alkanes) is 1. The van der Waals surface area contributed by atoms with Gasteiger partial charge in [-0.15, -0.1) is 0 Å². The molecule has 0 fully saturated rings. The van der Waals surface area contributed by atoms with Crippen molar-refractivity contribution in [2.75, 3.05) is 19.0 Å². The van der Waals surface area contributed by atoms with Gasteiger partial charge in [0.05, 0.1) is 30.3 Å². The fourth-order valence-corrected chi connectivity index (χ4v) is 4.59.